The van der Waals surface area contributed by atoms with Crippen molar-refractivity contribution in [3.63, 3.8) is 0 Å². The van der Waals surface area contributed by atoms with Crippen molar-refractivity contribution in [3.05, 3.63) is 16.1 Å². The summed E-state index contributed by atoms with van der Waals surface area (Å²) in [7, 11) is 2.24. The molecule has 1 saturated heterocycles. The van der Waals surface area contributed by atoms with Gasteiger partial charge in [0.25, 0.3) is 0 Å². The van der Waals surface area contributed by atoms with Crippen LogP contribution in [0, 0.1) is 18.3 Å². The van der Waals surface area contributed by atoms with Gasteiger partial charge in [-0.25, -0.2) is 4.98 Å². The number of rotatable bonds is 5. The fourth-order valence-corrected chi connectivity index (χ4v) is 3.75. The lowest BCUT2D eigenvalue weighted by atomic mass is 9.76. The van der Waals surface area contributed by atoms with Crippen molar-refractivity contribution in [3.8, 4) is 0 Å². The highest BCUT2D eigenvalue weighted by molar-refractivity contribution is 7.09. The number of nitrogens with zero attached hydrogens (tertiary/aromatic N) is 2. The summed E-state index contributed by atoms with van der Waals surface area (Å²) in [5.41, 5.74) is 3.59. The average molecular weight is 267 g/mol. The first-order valence-corrected chi connectivity index (χ1v) is 7.70. The van der Waals surface area contributed by atoms with E-state index in [0.29, 0.717) is 5.41 Å². The van der Waals surface area contributed by atoms with Crippen molar-refractivity contribution in [2.75, 3.05) is 26.7 Å². The van der Waals surface area contributed by atoms with Gasteiger partial charge in [-0.2, -0.15) is 0 Å². The Bertz CT molecular complexity index is 380. The van der Waals surface area contributed by atoms with E-state index in [1.165, 1.54) is 30.1 Å². The molecule has 0 spiro atoms. The molecule has 0 amide bonds. The lowest BCUT2D eigenvalue weighted by molar-refractivity contribution is 0.132. The predicted octanol–water partition coefficient (Wildman–Crippen LogP) is 2.52. The third kappa shape index (κ3) is 2.92. The van der Waals surface area contributed by atoms with E-state index >= 15 is 0 Å². The van der Waals surface area contributed by atoms with E-state index in [2.05, 4.69) is 43.0 Å². The number of aryl methyl sites for hydroxylation is 1. The van der Waals surface area contributed by atoms with Gasteiger partial charge >= 0.3 is 0 Å². The minimum atomic E-state index is 0.452. The second-order valence-electron chi connectivity index (χ2n) is 5.98. The van der Waals surface area contributed by atoms with Gasteiger partial charge in [-0.1, -0.05) is 13.8 Å². The van der Waals surface area contributed by atoms with Crippen molar-refractivity contribution < 1.29 is 0 Å². The van der Waals surface area contributed by atoms with E-state index in [0.717, 1.165) is 19.0 Å². The molecule has 1 aromatic heterocycles. The van der Waals surface area contributed by atoms with Crippen LogP contribution in [0.5, 0.6) is 0 Å². The lowest BCUT2D eigenvalue weighted by Crippen LogP contribution is -2.41. The van der Waals surface area contributed by atoms with Crippen LogP contribution in [0.3, 0.4) is 0 Å². The van der Waals surface area contributed by atoms with Crippen LogP contribution in [0.2, 0.25) is 0 Å². The Morgan fingerprint density at radius 3 is 2.83 bits per heavy atom. The van der Waals surface area contributed by atoms with Crippen molar-refractivity contribution in [1.29, 1.82) is 0 Å². The minimum Gasteiger partial charge on any atom is -0.316 e. The van der Waals surface area contributed by atoms with Gasteiger partial charge < -0.3 is 10.2 Å². The molecule has 0 aliphatic carbocycles. The number of hydrogen-bond acceptors (Lipinski definition) is 4. The third-order valence-corrected chi connectivity index (χ3v) is 5.26. The Kier molecular flexibility index (Phi) is 4.41. The van der Waals surface area contributed by atoms with E-state index in [-0.39, 0.29) is 0 Å². The van der Waals surface area contributed by atoms with Crippen molar-refractivity contribution in [2.45, 2.75) is 33.7 Å². The molecule has 1 aromatic rings. The number of nitrogens with one attached hydrogen (secondary N) is 1. The van der Waals surface area contributed by atoms with Crippen LogP contribution < -0.4 is 5.32 Å². The summed E-state index contributed by atoms with van der Waals surface area (Å²) >= 11 is 1.77. The Balaban J connectivity index is 1.97. The molecule has 18 heavy (non-hydrogen) atoms. The largest absolute Gasteiger partial charge is 0.316 e. The standard InChI is InChI=1S/C14H25N3S/c1-11(2)14(5-6-15-8-14)9-17(4)7-13-12(3)16-10-18-13/h10-11,15H,5-9H2,1-4H3. The zero-order chi connectivity index (χ0) is 13.2. The zero-order valence-corrected chi connectivity index (χ0v) is 12.8. The summed E-state index contributed by atoms with van der Waals surface area (Å²) in [5.74, 6) is 0.734. The molecular weight excluding hydrogens is 242 g/mol. The first-order chi connectivity index (χ1) is 8.53. The van der Waals surface area contributed by atoms with Crippen LogP contribution in [0.1, 0.15) is 30.8 Å². The second-order valence-corrected chi connectivity index (χ2v) is 6.92. The zero-order valence-electron chi connectivity index (χ0n) is 12.0. The number of thiazole rings is 1. The van der Waals surface area contributed by atoms with Crippen LogP contribution in [0.15, 0.2) is 5.51 Å². The molecule has 3 nitrogen and oxygen atoms in total. The Morgan fingerprint density at radius 1 is 1.56 bits per heavy atom. The third-order valence-electron chi connectivity index (χ3n) is 4.34. The fraction of sp³-hybridized carbons (Fsp3) is 0.786. The van der Waals surface area contributed by atoms with Gasteiger partial charge in [0.2, 0.25) is 0 Å². The predicted molar refractivity (Wildman–Crippen MR) is 77.9 cm³/mol. The molecule has 1 atom stereocenters. The highest BCUT2D eigenvalue weighted by Crippen LogP contribution is 2.35. The topological polar surface area (TPSA) is 28.2 Å². The van der Waals surface area contributed by atoms with E-state index in [1.807, 2.05) is 5.51 Å². The van der Waals surface area contributed by atoms with Crippen LogP contribution in [0.4, 0.5) is 0 Å². The van der Waals surface area contributed by atoms with Gasteiger partial charge in [0.1, 0.15) is 0 Å². The minimum absolute atomic E-state index is 0.452. The summed E-state index contributed by atoms with van der Waals surface area (Å²) in [6.45, 7) is 11.4. The fourth-order valence-electron chi connectivity index (χ4n) is 2.89. The molecule has 1 N–H and O–H groups in total. The number of hydrogen-bond donors (Lipinski definition) is 1. The molecule has 102 valence electrons. The Labute approximate surface area is 115 Å². The molecule has 1 unspecified atom stereocenters. The van der Waals surface area contributed by atoms with E-state index in [9.17, 15) is 0 Å². The van der Waals surface area contributed by atoms with Crippen LogP contribution in [-0.4, -0.2) is 36.6 Å². The molecule has 0 radical (unpaired) electrons. The highest BCUT2D eigenvalue weighted by Gasteiger charge is 2.37. The highest BCUT2D eigenvalue weighted by atomic mass is 32.1. The monoisotopic (exact) mass is 267 g/mol. The molecule has 1 aliphatic heterocycles. The summed E-state index contributed by atoms with van der Waals surface area (Å²) in [4.78, 5) is 8.20. The van der Waals surface area contributed by atoms with Gasteiger partial charge in [-0.15, -0.1) is 11.3 Å². The van der Waals surface area contributed by atoms with Gasteiger partial charge in [0.15, 0.2) is 0 Å². The summed E-state index contributed by atoms with van der Waals surface area (Å²) in [6.07, 6.45) is 1.30. The first-order valence-electron chi connectivity index (χ1n) is 6.82. The van der Waals surface area contributed by atoms with Crippen molar-refractivity contribution in [2.24, 2.45) is 11.3 Å². The first kappa shape index (κ1) is 14.0. The lowest BCUT2D eigenvalue weighted by Gasteiger charge is -2.36. The van der Waals surface area contributed by atoms with E-state index < -0.39 is 0 Å². The maximum Gasteiger partial charge on any atom is 0.0798 e. The molecule has 1 aliphatic rings. The van der Waals surface area contributed by atoms with Gasteiger partial charge in [-0.05, 0) is 38.3 Å². The normalized spacial score (nSPS) is 24.3. The molecular formula is C14H25N3S. The Morgan fingerprint density at radius 2 is 2.33 bits per heavy atom. The Hall–Kier alpha value is -0.450. The molecule has 4 heteroatoms. The number of aromatic nitrogens is 1. The molecule has 2 heterocycles. The summed E-state index contributed by atoms with van der Waals surface area (Å²) in [6, 6.07) is 0. The molecule has 0 saturated carbocycles. The smallest absolute Gasteiger partial charge is 0.0798 e. The van der Waals surface area contributed by atoms with Crippen LogP contribution >= 0.6 is 11.3 Å². The average Bonchev–Trinajstić information content (AvgIpc) is 2.90. The molecule has 0 aromatic carbocycles. The maximum absolute atomic E-state index is 4.33. The summed E-state index contributed by atoms with van der Waals surface area (Å²) < 4.78 is 0. The second kappa shape index (κ2) is 5.68. The van der Waals surface area contributed by atoms with Gasteiger partial charge in [0.05, 0.1) is 11.2 Å². The van der Waals surface area contributed by atoms with E-state index in [4.69, 9.17) is 0 Å². The molecule has 0 bridgehead atoms. The van der Waals surface area contributed by atoms with Gasteiger partial charge in [-0.3, -0.25) is 0 Å². The maximum atomic E-state index is 4.33. The van der Waals surface area contributed by atoms with E-state index in [1.54, 1.807) is 11.3 Å². The molecule has 1 fully saturated rings. The van der Waals surface area contributed by atoms with Crippen molar-refractivity contribution in [1.82, 2.24) is 15.2 Å². The van der Waals surface area contributed by atoms with Crippen LogP contribution in [-0.2, 0) is 6.54 Å². The molecule has 2 rings (SSSR count). The van der Waals surface area contributed by atoms with Crippen molar-refractivity contribution >= 4 is 11.3 Å². The SMILES string of the molecule is Cc1ncsc1CN(C)CC1(C(C)C)CCNC1. The quantitative estimate of drug-likeness (QED) is 0.888. The van der Waals surface area contributed by atoms with Gasteiger partial charge in [0, 0.05) is 24.5 Å². The summed E-state index contributed by atoms with van der Waals surface area (Å²) in [5, 5.41) is 3.53. The van der Waals surface area contributed by atoms with Crippen LogP contribution in [0.25, 0.3) is 0 Å².